The third kappa shape index (κ3) is 2.87. The Balaban J connectivity index is 2.70. The normalized spacial score (nSPS) is 11.4. The third-order valence-electron chi connectivity index (χ3n) is 1.62. The average molecular weight is 196 g/mol. The van der Waals surface area contributed by atoms with Crippen molar-refractivity contribution in [3.8, 4) is 0 Å². The van der Waals surface area contributed by atoms with Gasteiger partial charge >= 0.3 is 6.09 Å². The lowest BCUT2D eigenvalue weighted by Crippen LogP contribution is -2.27. The maximum Gasteiger partial charge on any atom is 0.435 e. The smallest absolute Gasteiger partial charge is 0.435 e. The molecule has 0 aromatic carbocycles. The van der Waals surface area contributed by atoms with Crippen molar-refractivity contribution in [1.29, 1.82) is 0 Å². The zero-order valence-corrected chi connectivity index (χ0v) is 9.07. The van der Waals surface area contributed by atoms with Crippen LogP contribution in [-0.2, 0) is 11.2 Å². The van der Waals surface area contributed by atoms with E-state index in [0.717, 1.165) is 12.0 Å². The standard InChI is InChI=1S/C10H16N2O2/c1-5-8-6-11-12(7-8)9(13)14-10(2,3)4/h6-7H,5H2,1-4H3. The molecule has 0 saturated carbocycles. The Labute approximate surface area is 83.9 Å². The number of nitrogens with zero attached hydrogens (tertiary/aromatic N) is 2. The average Bonchev–Trinajstić information content (AvgIpc) is 2.48. The Hall–Kier alpha value is -1.32. The van der Waals surface area contributed by atoms with Crippen LogP contribution in [-0.4, -0.2) is 21.5 Å². The molecule has 0 amide bonds. The molecular weight excluding hydrogens is 180 g/mol. The van der Waals surface area contributed by atoms with Gasteiger partial charge in [0.15, 0.2) is 0 Å². The minimum atomic E-state index is -0.477. The van der Waals surface area contributed by atoms with E-state index in [1.807, 2.05) is 27.7 Å². The Morgan fingerprint density at radius 1 is 1.57 bits per heavy atom. The topological polar surface area (TPSA) is 44.1 Å². The highest BCUT2D eigenvalue weighted by atomic mass is 16.6. The zero-order valence-electron chi connectivity index (χ0n) is 9.07. The molecule has 0 aliphatic carbocycles. The summed E-state index contributed by atoms with van der Waals surface area (Å²) in [5, 5.41) is 3.91. The molecule has 4 heteroatoms. The summed E-state index contributed by atoms with van der Waals surface area (Å²) in [6, 6.07) is 0. The van der Waals surface area contributed by atoms with Crippen LogP contribution in [0.2, 0.25) is 0 Å². The van der Waals surface area contributed by atoms with E-state index in [1.54, 1.807) is 12.4 Å². The van der Waals surface area contributed by atoms with Crippen LogP contribution < -0.4 is 0 Å². The lowest BCUT2D eigenvalue weighted by Gasteiger charge is -2.18. The van der Waals surface area contributed by atoms with Gasteiger partial charge in [-0.05, 0) is 32.8 Å². The first kappa shape index (κ1) is 10.8. The fourth-order valence-electron chi connectivity index (χ4n) is 0.951. The van der Waals surface area contributed by atoms with Crippen LogP contribution in [0.1, 0.15) is 33.3 Å². The lowest BCUT2D eigenvalue weighted by molar-refractivity contribution is 0.0514. The van der Waals surface area contributed by atoms with Gasteiger partial charge in [0.05, 0.1) is 6.20 Å². The van der Waals surface area contributed by atoms with Crippen LogP contribution in [0.3, 0.4) is 0 Å². The maximum absolute atomic E-state index is 11.5. The van der Waals surface area contributed by atoms with Crippen LogP contribution in [0.25, 0.3) is 0 Å². The number of hydrogen-bond acceptors (Lipinski definition) is 3. The number of ether oxygens (including phenoxy) is 1. The highest BCUT2D eigenvalue weighted by molar-refractivity contribution is 5.69. The van der Waals surface area contributed by atoms with E-state index in [1.165, 1.54) is 4.68 Å². The second-order valence-corrected chi connectivity index (χ2v) is 4.13. The summed E-state index contributed by atoms with van der Waals surface area (Å²) in [6.07, 6.45) is 3.79. The first-order chi connectivity index (χ1) is 6.42. The molecule has 0 aliphatic rings. The Bertz CT molecular complexity index is 323. The van der Waals surface area contributed by atoms with Gasteiger partial charge in [-0.25, -0.2) is 4.79 Å². The highest BCUT2D eigenvalue weighted by Gasteiger charge is 2.18. The highest BCUT2D eigenvalue weighted by Crippen LogP contribution is 2.09. The molecule has 0 radical (unpaired) electrons. The molecule has 78 valence electrons. The Morgan fingerprint density at radius 2 is 2.21 bits per heavy atom. The largest absolute Gasteiger partial charge is 0.442 e. The van der Waals surface area contributed by atoms with Gasteiger partial charge in [0.1, 0.15) is 5.60 Å². The van der Waals surface area contributed by atoms with Crippen molar-refractivity contribution in [2.45, 2.75) is 39.7 Å². The first-order valence-corrected chi connectivity index (χ1v) is 4.69. The van der Waals surface area contributed by atoms with Gasteiger partial charge < -0.3 is 4.74 Å². The summed E-state index contributed by atoms with van der Waals surface area (Å²) in [7, 11) is 0. The van der Waals surface area contributed by atoms with Crippen LogP contribution in [0.5, 0.6) is 0 Å². The minimum absolute atomic E-state index is 0.433. The number of rotatable bonds is 1. The summed E-state index contributed by atoms with van der Waals surface area (Å²) in [5.74, 6) is 0. The molecule has 1 aromatic rings. The number of aromatic nitrogens is 2. The van der Waals surface area contributed by atoms with Crippen molar-refractivity contribution in [2.24, 2.45) is 0 Å². The predicted octanol–water partition coefficient (Wildman–Crippen LogP) is 2.23. The van der Waals surface area contributed by atoms with Crippen LogP contribution in [0.15, 0.2) is 12.4 Å². The summed E-state index contributed by atoms with van der Waals surface area (Å²) >= 11 is 0. The summed E-state index contributed by atoms with van der Waals surface area (Å²) in [4.78, 5) is 11.5. The van der Waals surface area contributed by atoms with E-state index in [4.69, 9.17) is 4.74 Å². The molecule has 0 unspecified atom stereocenters. The zero-order chi connectivity index (χ0) is 10.8. The van der Waals surface area contributed by atoms with Gasteiger partial charge in [0, 0.05) is 6.20 Å². The maximum atomic E-state index is 11.5. The van der Waals surface area contributed by atoms with Gasteiger partial charge in [-0.2, -0.15) is 9.78 Å². The van der Waals surface area contributed by atoms with E-state index >= 15 is 0 Å². The lowest BCUT2D eigenvalue weighted by atomic mass is 10.2. The molecule has 0 bridgehead atoms. The fourth-order valence-corrected chi connectivity index (χ4v) is 0.951. The summed E-state index contributed by atoms with van der Waals surface area (Å²) < 4.78 is 6.37. The third-order valence-corrected chi connectivity index (χ3v) is 1.62. The van der Waals surface area contributed by atoms with E-state index in [9.17, 15) is 4.79 Å². The molecular formula is C10H16N2O2. The van der Waals surface area contributed by atoms with Crippen molar-refractivity contribution >= 4 is 6.09 Å². The van der Waals surface area contributed by atoms with Crippen molar-refractivity contribution in [2.75, 3.05) is 0 Å². The second-order valence-electron chi connectivity index (χ2n) is 4.13. The molecule has 0 saturated heterocycles. The molecule has 1 rings (SSSR count). The van der Waals surface area contributed by atoms with Crippen molar-refractivity contribution < 1.29 is 9.53 Å². The monoisotopic (exact) mass is 196 g/mol. The molecule has 0 spiro atoms. The van der Waals surface area contributed by atoms with Gasteiger partial charge in [-0.1, -0.05) is 6.92 Å². The number of carbonyl (C=O) groups is 1. The Morgan fingerprint density at radius 3 is 2.64 bits per heavy atom. The predicted molar refractivity (Wildman–Crippen MR) is 53.2 cm³/mol. The van der Waals surface area contributed by atoms with Crippen LogP contribution >= 0.6 is 0 Å². The molecule has 14 heavy (non-hydrogen) atoms. The number of carbonyl (C=O) groups excluding carboxylic acids is 1. The minimum Gasteiger partial charge on any atom is -0.442 e. The molecule has 4 nitrogen and oxygen atoms in total. The quantitative estimate of drug-likeness (QED) is 0.691. The fraction of sp³-hybridized carbons (Fsp3) is 0.600. The van der Waals surface area contributed by atoms with Gasteiger partial charge in [-0.15, -0.1) is 0 Å². The van der Waals surface area contributed by atoms with E-state index in [0.29, 0.717) is 0 Å². The number of aryl methyl sites for hydroxylation is 1. The molecule has 0 N–H and O–H groups in total. The molecule has 0 atom stereocenters. The molecule has 0 fully saturated rings. The first-order valence-electron chi connectivity index (χ1n) is 4.69. The summed E-state index contributed by atoms with van der Waals surface area (Å²) in [6.45, 7) is 7.50. The molecule has 1 heterocycles. The van der Waals surface area contributed by atoms with Crippen LogP contribution in [0, 0.1) is 0 Å². The van der Waals surface area contributed by atoms with E-state index < -0.39 is 11.7 Å². The Kier molecular flexibility index (Phi) is 2.93. The van der Waals surface area contributed by atoms with Gasteiger partial charge in [0.25, 0.3) is 0 Å². The van der Waals surface area contributed by atoms with Gasteiger partial charge in [0.2, 0.25) is 0 Å². The van der Waals surface area contributed by atoms with E-state index in [2.05, 4.69) is 5.10 Å². The molecule has 0 aliphatic heterocycles. The number of hydrogen-bond donors (Lipinski definition) is 0. The summed E-state index contributed by atoms with van der Waals surface area (Å²) in [5.41, 5.74) is 0.547. The van der Waals surface area contributed by atoms with Crippen molar-refractivity contribution in [3.05, 3.63) is 18.0 Å². The second kappa shape index (κ2) is 3.82. The van der Waals surface area contributed by atoms with Gasteiger partial charge in [-0.3, -0.25) is 0 Å². The van der Waals surface area contributed by atoms with Crippen LogP contribution in [0.4, 0.5) is 4.79 Å². The van der Waals surface area contributed by atoms with E-state index in [-0.39, 0.29) is 0 Å². The molecule has 1 aromatic heterocycles. The van der Waals surface area contributed by atoms with Crippen molar-refractivity contribution in [3.63, 3.8) is 0 Å². The van der Waals surface area contributed by atoms with Crippen molar-refractivity contribution in [1.82, 2.24) is 9.78 Å². The SMILES string of the molecule is CCc1cnn(C(=O)OC(C)(C)C)c1.